The van der Waals surface area contributed by atoms with Gasteiger partial charge in [-0.15, -0.1) is 0 Å². The van der Waals surface area contributed by atoms with E-state index in [1.165, 1.54) is 6.33 Å². The zero-order valence-electron chi connectivity index (χ0n) is 13.8. The Bertz CT molecular complexity index is 857. The number of rotatable bonds is 3. The first kappa shape index (κ1) is 15.1. The molecule has 0 spiro atoms. The number of aryl methyl sites for hydroxylation is 2. The van der Waals surface area contributed by atoms with E-state index in [1.807, 2.05) is 24.7 Å². The van der Waals surface area contributed by atoms with Crippen LogP contribution in [-0.4, -0.2) is 42.9 Å². The molecule has 0 bridgehead atoms. The van der Waals surface area contributed by atoms with Crippen LogP contribution < -0.4 is 4.90 Å². The Balaban J connectivity index is 1.63. The molecule has 0 saturated carbocycles. The summed E-state index contributed by atoms with van der Waals surface area (Å²) in [5, 5.41) is 15.6. The van der Waals surface area contributed by atoms with Crippen molar-refractivity contribution in [2.24, 2.45) is 13.0 Å². The third-order valence-corrected chi connectivity index (χ3v) is 4.75. The normalized spacial score (nSPS) is 19.8. The number of aromatic nitrogens is 5. The second-order valence-corrected chi connectivity index (χ2v) is 6.33. The monoisotopic (exact) mass is 328 g/mol. The molecule has 3 aromatic heterocycles. The molecule has 1 saturated heterocycles. The molecule has 1 N–H and O–H groups in total. The molecule has 0 amide bonds. The molecule has 0 aliphatic carbocycles. The summed E-state index contributed by atoms with van der Waals surface area (Å²) in [7, 11) is 1.90. The van der Waals surface area contributed by atoms with Crippen molar-refractivity contribution in [1.29, 1.82) is 0 Å². The molecule has 0 radical (unpaired) electrons. The molecule has 4 heterocycles. The third kappa shape index (κ3) is 2.43. The number of aliphatic hydroxyl groups excluding tert-OH is 1. The highest BCUT2D eigenvalue weighted by molar-refractivity contribution is 5.87. The van der Waals surface area contributed by atoms with Crippen molar-refractivity contribution in [2.75, 3.05) is 18.0 Å². The van der Waals surface area contributed by atoms with Gasteiger partial charge in [0.05, 0.1) is 5.69 Å². The lowest BCUT2D eigenvalue weighted by Gasteiger charge is -2.35. The lowest BCUT2D eigenvalue weighted by atomic mass is 9.92. The van der Waals surface area contributed by atoms with E-state index >= 15 is 0 Å². The van der Waals surface area contributed by atoms with Crippen LogP contribution in [0.3, 0.4) is 0 Å². The minimum atomic E-state index is -0.589. The standard InChI is InChI=1S/C16H20N6O2/c1-10-12-14(18-9-19-16(12)24-20-10)22-6-3-4-11(8-22)13(23)15-17-5-7-21(15)2/h5,7,9,11,13,23H,3-4,6,8H2,1-2H3. The number of hydrogen-bond acceptors (Lipinski definition) is 7. The van der Waals surface area contributed by atoms with E-state index in [2.05, 4.69) is 25.0 Å². The van der Waals surface area contributed by atoms with Crippen LogP contribution in [0.5, 0.6) is 0 Å². The van der Waals surface area contributed by atoms with E-state index < -0.39 is 6.10 Å². The Morgan fingerprint density at radius 1 is 1.33 bits per heavy atom. The average molecular weight is 328 g/mol. The van der Waals surface area contributed by atoms with Gasteiger partial charge in [0.25, 0.3) is 5.71 Å². The lowest BCUT2D eigenvalue weighted by molar-refractivity contribution is 0.0874. The number of hydrogen-bond donors (Lipinski definition) is 1. The first-order chi connectivity index (χ1) is 11.6. The summed E-state index contributed by atoms with van der Waals surface area (Å²) in [5.41, 5.74) is 1.29. The second kappa shape index (κ2) is 5.86. The van der Waals surface area contributed by atoms with Crippen LogP contribution in [0, 0.1) is 12.8 Å². The van der Waals surface area contributed by atoms with Crippen molar-refractivity contribution in [3.8, 4) is 0 Å². The number of nitrogens with zero attached hydrogens (tertiary/aromatic N) is 6. The smallest absolute Gasteiger partial charge is 0.263 e. The molecule has 3 aromatic rings. The Hall–Kier alpha value is -2.48. The van der Waals surface area contributed by atoms with Gasteiger partial charge in [-0.2, -0.15) is 4.98 Å². The number of anilines is 1. The molecular formula is C16H20N6O2. The van der Waals surface area contributed by atoms with Crippen molar-refractivity contribution in [1.82, 2.24) is 24.7 Å². The molecule has 2 atom stereocenters. The van der Waals surface area contributed by atoms with E-state index in [1.54, 1.807) is 6.20 Å². The quantitative estimate of drug-likeness (QED) is 0.780. The van der Waals surface area contributed by atoms with Gasteiger partial charge in [0.1, 0.15) is 29.5 Å². The SMILES string of the molecule is Cc1noc2ncnc(N3CCCC(C(O)c4nccn4C)C3)c12. The van der Waals surface area contributed by atoms with Gasteiger partial charge in [-0.25, -0.2) is 9.97 Å². The van der Waals surface area contributed by atoms with Gasteiger partial charge in [-0.05, 0) is 19.8 Å². The first-order valence-corrected chi connectivity index (χ1v) is 8.12. The number of imidazole rings is 1. The van der Waals surface area contributed by atoms with Crippen molar-refractivity contribution in [3.63, 3.8) is 0 Å². The Morgan fingerprint density at radius 2 is 2.21 bits per heavy atom. The maximum atomic E-state index is 10.7. The van der Waals surface area contributed by atoms with Gasteiger partial charge in [-0.3, -0.25) is 0 Å². The molecule has 2 unspecified atom stereocenters. The van der Waals surface area contributed by atoms with Crippen molar-refractivity contribution >= 4 is 16.9 Å². The van der Waals surface area contributed by atoms with E-state index in [0.29, 0.717) is 18.1 Å². The summed E-state index contributed by atoms with van der Waals surface area (Å²) in [4.78, 5) is 15.1. The van der Waals surface area contributed by atoms with E-state index in [0.717, 1.165) is 36.3 Å². The van der Waals surface area contributed by atoms with Crippen molar-refractivity contribution in [2.45, 2.75) is 25.9 Å². The van der Waals surface area contributed by atoms with Gasteiger partial charge < -0.3 is 19.1 Å². The predicted octanol–water partition coefficient (Wildman–Crippen LogP) is 1.61. The second-order valence-electron chi connectivity index (χ2n) is 6.33. The van der Waals surface area contributed by atoms with Crippen LogP contribution in [-0.2, 0) is 7.05 Å². The van der Waals surface area contributed by atoms with Gasteiger partial charge in [-0.1, -0.05) is 5.16 Å². The first-order valence-electron chi connectivity index (χ1n) is 8.12. The fourth-order valence-corrected chi connectivity index (χ4v) is 3.48. The van der Waals surface area contributed by atoms with Crippen molar-refractivity contribution < 1.29 is 9.63 Å². The van der Waals surface area contributed by atoms with Crippen LogP contribution in [0.2, 0.25) is 0 Å². The fourth-order valence-electron chi connectivity index (χ4n) is 3.48. The fraction of sp³-hybridized carbons (Fsp3) is 0.500. The van der Waals surface area contributed by atoms with Crippen LogP contribution in [0.4, 0.5) is 5.82 Å². The Morgan fingerprint density at radius 3 is 3.00 bits per heavy atom. The number of aliphatic hydroxyl groups is 1. The maximum Gasteiger partial charge on any atom is 0.263 e. The van der Waals surface area contributed by atoms with Gasteiger partial charge in [0.2, 0.25) is 0 Å². The lowest BCUT2D eigenvalue weighted by Crippen LogP contribution is -2.39. The minimum absolute atomic E-state index is 0.102. The summed E-state index contributed by atoms with van der Waals surface area (Å²) in [6.07, 6.45) is 6.43. The number of fused-ring (bicyclic) bond motifs is 1. The predicted molar refractivity (Wildman–Crippen MR) is 87.4 cm³/mol. The van der Waals surface area contributed by atoms with Crippen LogP contribution in [0.25, 0.3) is 11.1 Å². The highest BCUT2D eigenvalue weighted by Gasteiger charge is 2.31. The third-order valence-electron chi connectivity index (χ3n) is 4.75. The van der Waals surface area contributed by atoms with E-state index in [-0.39, 0.29) is 5.92 Å². The molecule has 8 nitrogen and oxygen atoms in total. The van der Waals surface area contributed by atoms with Crippen LogP contribution >= 0.6 is 0 Å². The average Bonchev–Trinajstić information content (AvgIpc) is 3.20. The summed E-state index contributed by atoms with van der Waals surface area (Å²) in [6.45, 7) is 3.49. The molecule has 24 heavy (non-hydrogen) atoms. The summed E-state index contributed by atoms with van der Waals surface area (Å²) < 4.78 is 7.11. The van der Waals surface area contributed by atoms with Crippen LogP contribution in [0.15, 0.2) is 23.2 Å². The molecule has 1 aliphatic rings. The molecular weight excluding hydrogens is 308 g/mol. The molecule has 1 aliphatic heterocycles. The summed E-state index contributed by atoms with van der Waals surface area (Å²) >= 11 is 0. The van der Waals surface area contributed by atoms with Gasteiger partial charge >= 0.3 is 0 Å². The molecule has 4 rings (SSSR count). The Kier molecular flexibility index (Phi) is 3.68. The highest BCUT2D eigenvalue weighted by Crippen LogP contribution is 2.33. The molecule has 126 valence electrons. The van der Waals surface area contributed by atoms with Gasteiger partial charge in [0.15, 0.2) is 0 Å². The highest BCUT2D eigenvalue weighted by atomic mass is 16.5. The zero-order chi connectivity index (χ0) is 16.7. The van der Waals surface area contributed by atoms with E-state index in [9.17, 15) is 5.11 Å². The van der Waals surface area contributed by atoms with E-state index in [4.69, 9.17) is 4.52 Å². The zero-order valence-corrected chi connectivity index (χ0v) is 13.8. The maximum absolute atomic E-state index is 10.7. The largest absolute Gasteiger partial charge is 0.385 e. The summed E-state index contributed by atoms with van der Waals surface area (Å²) in [6, 6.07) is 0. The number of piperidine rings is 1. The van der Waals surface area contributed by atoms with Gasteiger partial charge in [0, 0.05) is 38.4 Å². The minimum Gasteiger partial charge on any atom is -0.385 e. The topological polar surface area (TPSA) is 93.1 Å². The molecule has 8 heteroatoms. The van der Waals surface area contributed by atoms with Crippen molar-refractivity contribution in [3.05, 3.63) is 30.2 Å². The Labute approximate surface area is 139 Å². The van der Waals surface area contributed by atoms with Crippen LogP contribution in [0.1, 0.15) is 30.5 Å². The molecule has 0 aromatic carbocycles. The molecule has 1 fully saturated rings. The summed E-state index contributed by atoms with van der Waals surface area (Å²) in [5.74, 6) is 1.64.